The molecule has 5 heteroatoms. The van der Waals surface area contributed by atoms with E-state index < -0.39 is 30.7 Å². The minimum absolute atomic E-state index is 0.510. The number of hydrogen-bond donors (Lipinski definition) is 3. The predicted molar refractivity (Wildman–Crippen MR) is 127 cm³/mol. The summed E-state index contributed by atoms with van der Waals surface area (Å²) < 4.78 is 11.0. The van der Waals surface area contributed by atoms with E-state index in [-0.39, 0.29) is 0 Å². The second kappa shape index (κ2) is 19.3. The van der Waals surface area contributed by atoms with Gasteiger partial charge in [0.1, 0.15) is 18.3 Å². The molecule has 186 valence electrons. The number of aliphatic hydroxyl groups is 3. The van der Waals surface area contributed by atoms with Gasteiger partial charge in [-0.3, -0.25) is 0 Å². The number of rotatable bonds is 20. The maximum Gasteiger partial charge on any atom is 0.186 e. The number of ether oxygens (including phenoxy) is 2. The molecule has 0 aromatic heterocycles. The zero-order valence-corrected chi connectivity index (χ0v) is 20.5. The Morgan fingerprint density at radius 2 is 0.935 bits per heavy atom. The van der Waals surface area contributed by atoms with Crippen LogP contribution < -0.4 is 0 Å². The average Bonchev–Trinajstić information content (AvgIpc) is 2.77. The summed E-state index contributed by atoms with van der Waals surface area (Å²) in [5, 5.41) is 29.4. The lowest BCUT2D eigenvalue weighted by molar-refractivity contribution is -0.293. The molecule has 1 saturated heterocycles. The molecule has 0 aliphatic carbocycles. The van der Waals surface area contributed by atoms with Crippen molar-refractivity contribution in [3.05, 3.63) is 0 Å². The van der Waals surface area contributed by atoms with E-state index in [1.807, 2.05) is 0 Å². The van der Waals surface area contributed by atoms with Crippen LogP contribution in [0.3, 0.4) is 0 Å². The van der Waals surface area contributed by atoms with E-state index in [9.17, 15) is 15.3 Å². The fraction of sp³-hybridized carbons (Fsp3) is 1.00. The van der Waals surface area contributed by atoms with Gasteiger partial charge in [-0.05, 0) is 13.3 Å². The molecule has 0 amide bonds. The van der Waals surface area contributed by atoms with E-state index >= 15 is 0 Å². The van der Waals surface area contributed by atoms with E-state index in [4.69, 9.17) is 9.47 Å². The van der Waals surface area contributed by atoms with Crippen molar-refractivity contribution in [3.8, 4) is 0 Å². The second-order valence-corrected chi connectivity index (χ2v) is 9.56. The molecular weight excluding hydrogens is 392 g/mol. The van der Waals surface area contributed by atoms with Crippen LogP contribution in [-0.4, -0.2) is 52.6 Å². The highest BCUT2D eigenvalue weighted by molar-refractivity contribution is 4.87. The summed E-state index contributed by atoms with van der Waals surface area (Å²) in [4.78, 5) is 0. The van der Waals surface area contributed by atoms with Crippen LogP contribution in [0.4, 0.5) is 0 Å². The highest BCUT2D eigenvalue weighted by atomic mass is 16.7. The lowest BCUT2D eigenvalue weighted by atomic mass is 10.00. The first-order chi connectivity index (χ1) is 15.1. The fourth-order valence-corrected chi connectivity index (χ4v) is 4.35. The van der Waals surface area contributed by atoms with Gasteiger partial charge in [0.25, 0.3) is 0 Å². The van der Waals surface area contributed by atoms with E-state index in [1.165, 1.54) is 103 Å². The van der Waals surface area contributed by atoms with Gasteiger partial charge in [-0.2, -0.15) is 0 Å². The Labute approximate surface area is 191 Å². The SMILES string of the molecule is CCCCCCCCCCCCCCCCCCCCO[C@@H]1O[C@@H](C)[C@H](O)[C@@H](O)[C@H]1O. The largest absolute Gasteiger partial charge is 0.388 e. The van der Waals surface area contributed by atoms with Crippen molar-refractivity contribution in [2.75, 3.05) is 6.61 Å². The van der Waals surface area contributed by atoms with Gasteiger partial charge >= 0.3 is 0 Å². The van der Waals surface area contributed by atoms with Crippen LogP contribution >= 0.6 is 0 Å². The summed E-state index contributed by atoms with van der Waals surface area (Å²) in [5.41, 5.74) is 0. The monoisotopic (exact) mass is 444 g/mol. The molecule has 0 bridgehead atoms. The van der Waals surface area contributed by atoms with E-state index in [1.54, 1.807) is 6.92 Å². The van der Waals surface area contributed by atoms with Crippen LogP contribution in [0.2, 0.25) is 0 Å². The molecule has 1 fully saturated rings. The van der Waals surface area contributed by atoms with Crippen molar-refractivity contribution in [2.24, 2.45) is 0 Å². The molecule has 0 unspecified atom stereocenters. The smallest absolute Gasteiger partial charge is 0.186 e. The summed E-state index contributed by atoms with van der Waals surface area (Å²) >= 11 is 0. The lowest BCUT2D eigenvalue weighted by Gasteiger charge is -2.38. The number of aliphatic hydroxyl groups excluding tert-OH is 3. The Hall–Kier alpha value is -0.200. The Kier molecular flexibility index (Phi) is 17.9. The topological polar surface area (TPSA) is 79.2 Å². The molecule has 3 N–H and O–H groups in total. The average molecular weight is 445 g/mol. The maximum absolute atomic E-state index is 9.92. The van der Waals surface area contributed by atoms with Crippen molar-refractivity contribution < 1.29 is 24.8 Å². The molecule has 1 aliphatic heterocycles. The third-order valence-electron chi connectivity index (χ3n) is 6.59. The molecule has 31 heavy (non-hydrogen) atoms. The van der Waals surface area contributed by atoms with Crippen LogP contribution in [0.25, 0.3) is 0 Å². The Morgan fingerprint density at radius 1 is 0.548 bits per heavy atom. The van der Waals surface area contributed by atoms with Crippen molar-refractivity contribution in [1.29, 1.82) is 0 Å². The van der Waals surface area contributed by atoms with Crippen LogP contribution in [0.5, 0.6) is 0 Å². The van der Waals surface area contributed by atoms with Gasteiger partial charge in [-0.1, -0.05) is 116 Å². The molecule has 0 radical (unpaired) electrons. The minimum atomic E-state index is -1.21. The molecule has 0 aromatic carbocycles. The number of hydrogen-bond acceptors (Lipinski definition) is 5. The van der Waals surface area contributed by atoms with Crippen molar-refractivity contribution in [2.45, 2.75) is 160 Å². The Balaban J connectivity index is 1.78. The Bertz CT molecular complexity index is 392. The molecule has 0 aromatic rings. The minimum Gasteiger partial charge on any atom is -0.388 e. The molecule has 5 atom stereocenters. The second-order valence-electron chi connectivity index (χ2n) is 9.56. The normalized spacial score (nSPS) is 26.4. The predicted octanol–water partition coefficient (Wildman–Crippen LogP) is 5.87. The van der Waals surface area contributed by atoms with E-state index in [2.05, 4.69) is 6.92 Å². The van der Waals surface area contributed by atoms with Crippen LogP contribution in [-0.2, 0) is 9.47 Å². The molecular formula is C26H52O5. The summed E-state index contributed by atoms with van der Waals surface area (Å²) in [6, 6.07) is 0. The maximum atomic E-state index is 9.92. The summed E-state index contributed by atoms with van der Waals surface area (Å²) in [6.45, 7) is 4.46. The quantitative estimate of drug-likeness (QED) is 0.205. The van der Waals surface area contributed by atoms with Gasteiger partial charge in [-0.15, -0.1) is 0 Å². The van der Waals surface area contributed by atoms with Crippen LogP contribution in [0.15, 0.2) is 0 Å². The van der Waals surface area contributed by atoms with E-state index in [0.29, 0.717) is 6.61 Å². The zero-order valence-electron chi connectivity index (χ0n) is 20.5. The summed E-state index contributed by atoms with van der Waals surface area (Å²) in [7, 11) is 0. The molecule has 0 spiro atoms. The molecule has 1 aliphatic rings. The van der Waals surface area contributed by atoms with Crippen LogP contribution in [0, 0.1) is 0 Å². The summed E-state index contributed by atoms with van der Waals surface area (Å²) in [5.74, 6) is 0. The zero-order chi connectivity index (χ0) is 22.7. The number of unbranched alkanes of at least 4 members (excludes halogenated alkanes) is 17. The van der Waals surface area contributed by atoms with Gasteiger partial charge in [0.2, 0.25) is 0 Å². The van der Waals surface area contributed by atoms with E-state index in [0.717, 1.165) is 12.8 Å². The highest BCUT2D eigenvalue weighted by Gasteiger charge is 2.42. The Morgan fingerprint density at radius 3 is 1.35 bits per heavy atom. The first-order valence-corrected chi connectivity index (χ1v) is 13.4. The third kappa shape index (κ3) is 13.8. The first-order valence-electron chi connectivity index (χ1n) is 13.4. The van der Waals surface area contributed by atoms with Gasteiger partial charge in [0.05, 0.1) is 6.10 Å². The van der Waals surface area contributed by atoms with Gasteiger partial charge in [-0.25, -0.2) is 0 Å². The summed E-state index contributed by atoms with van der Waals surface area (Å²) in [6.07, 6.45) is 19.3. The van der Waals surface area contributed by atoms with Crippen molar-refractivity contribution >= 4 is 0 Å². The standard InChI is InChI=1S/C26H52O5/c1-3-4-5-6-7-8-9-10-11-12-13-14-15-16-17-18-19-20-21-30-26-25(29)24(28)23(27)22(2)31-26/h22-29H,3-21H2,1-2H3/t22-,23-,24+,25+,26+/m0/s1. The van der Waals surface area contributed by atoms with Gasteiger partial charge < -0.3 is 24.8 Å². The van der Waals surface area contributed by atoms with Crippen LogP contribution in [0.1, 0.15) is 129 Å². The molecule has 5 nitrogen and oxygen atoms in total. The van der Waals surface area contributed by atoms with Crippen molar-refractivity contribution in [3.63, 3.8) is 0 Å². The molecule has 1 rings (SSSR count). The third-order valence-corrected chi connectivity index (χ3v) is 6.59. The molecule has 0 saturated carbocycles. The first kappa shape index (κ1) is 28.8. The molecule has 1 heterocycles. The van der Waals surface area contributed by atoms with Crippen molar-refractivity contribution in [1.82, 2.24) is 0 Å². The lowest BCUT2D eigenvalue weighted by Crippen LogP contribution is -2.57. The van der Waals surface area contributed by atoms with Gasteiger partial charge in [0.15, 0.2) is 6.29 Å². The van der Waals surface area contributed by atoms with Gasteiger partial charge in [0, 0.05) is 6.61 Å². The fourth-order valence-electron chi connectivity index (χ4n) is 4.35. The highest BCUT2D eigenvalue weighted by Crippen LogP contribution is 2.22.